The Kier molecular flexibility index (Phi) is 4.46. The minimum Gasteiger partial charge on any atom is -0.389 e. The molecule has 0 fully saturated rings. The van der Waals surface area contributed by atoms with Gasteiger partial charge in [0.1, 0.15) is 5.82 Å². The van der Waals surface area contributed by atoms with E-state index in [1.165, 1.54) is 12.1 Å². The Bertz CT molecular complexity index is 676. The lowest BCUT2D eigenvalue weighted by atomic mass is 10.1. The first-order valence-corrected chi connectivity index (χ1v) is 6.84. The number of rotatable bonds is 4. The minimum absolute atomic E-state index is 0.122. The number of anilines is 1. The lowest BCUT2D eigenvalue weighted by molar-refractivity contribution is 0.0826. The lowest BCUT2D eigenvalue weighted by Crippen LogP contribution is -2.40. The Morgan fingerprint density at radius 3 is 2.77 bits per heavy atom. The molecule has 0 saturated heterocycles. The number of nitrogens with one attached hydrogen (secondary N) is 2. The summed E-state index contributed by atoms with van der Waals surface area (Å²) in [5.41, 5.74) is 0.481. The number of carbonyl (C=O) groups excluding carboxylic acids is 1. The zero-order valence-corrected chi connectivity index (χ0v) is 12.7. The molecule has 0 spiro atoms. The van der Waals surface area contributed by atoms with Crippen molar-refractivity contribution in [1.82, 2.24) is 15.1 Å². The Hall–Kier alpha value is -2.41. The number of hydrogen-bond acceptors (Lipinski definition) is 3. The number of aliphatic hydroxyl groups is 1. The Balaban J connectivity index is 2.04. The van der Waals surface area contributed by atoms with Crippen molar-refractivity contribution in [3.8, 4) is 5.69 Å². The predicted octanol–water partition coefficient (Wildman–Crippen LogP) is 2.21. The molecule has 0 atom stereocenters. The molecule has 2 rings (SSSR count). The summed E-state index contributed by atoms with van der Waals surface area (Å²) in [4.78, 5) is 11.7. The molecule has 118 valence electrons. The van der Waals surface area contributed by atoms with Crippen molar-refractivity contribution in [2.24, 2.45) is 0 Å². The monoisotopic (exact) mass is 306 g/mol. The molecule has 2 amide bonds. The highest BCUT2D eigenvalue weighted by atomic mass is 19.1. The van der Waals surface area contributed by atoms with Crippen LogP contribution in [0, 0.1) is 12.7 Å². The van der Waals surface area contributed by atoms with Gasteiger partial charge in [-0.15, -0.1) is 5.10 Å². The van der Waals surface area contributed by atoms with Crippen molar-refractivity contribution in [3.63, 3.8) is 0 Å². The number of hydrogen-bond donors (Lipinski definition) is 3. The maximum atomic E-state index is 13.1. The van der Waals surface area contributed by atoms with Crippen LogP contribution in [0.15, 0.2) is 30.5 Å². The first kappa shape index (κ1) is 16.0. The smallest absolute Gasteiger partial charge is 0.320 e. The molecule has 0 bridgehead atoms. The molecule has 7 heteroatoms. The number of aryl methyl sites for hydroxylation is 1. The average Bonchev–Trinajstić information content (AvgIpc) is 2.84. The van der Waals surface area contributed by atoms with Gasteiger partial charge in [0, 0.05) is 18.8 Å². The van der Waals surface area contributed by atoms with Crippen LogP contribution in [-0.2, 0) is 0 Å². The zero-order valence-electron chi connectivity index (χ0n) is 12.7. The zero-order chi connectivity index (χ0) is 16.3. The van der Waals surface area contributed by atoms with E-state index in [-0.39, 0.29) is 12.4 Å². The van der Waals surface area contributed by atoms with Crippen LogP contribution >= 0.6 is 0 Å². The van der Waals surface area contributed by atoms with E-state index in [1.54, 1.807) is 43.8 Å². The van der Waals surface area contributed by atoms with Crippen LogP contribution in [0.1, 0.15) is 19.4 Å². The number of aromatic nitrogens is 2. The van der Waals surface area contributed by atoms with Crippen LogP contribution in [-0.4, -0.2) is 33.1 Å². The molecule has 0 saturated carbocycles. The fraction of sp³-hybridized carbons (Fsp3) is 0.333. The minimum atomic E-state index is -0.984. The van der Waals surface area contributed by atoms with E-state index >= 15 is 0 Å². The summed E-state index contributed by atoms with van der Waals surface area (Å²) < 4.78 is 14.7. The molecule has 2 aromatic rings. The van der Waals surface area contributed by atoms with Gasteiger partial charge >= 0.3 is 6.03 Å². The molecule has 22 heavy (non-hydrogen) atoms. The molecule has 0 aliphatic heterocycles. The van der Waals surface area contributed by atoms with Gasteiger partial charge in [-0.25, -0.2) is 13.9 Å². The van der Waals surface area contributed by atoms with Gasteiger partial charge in [0.25, 0.3) is 0 Å². The second-order valence-corrected chi connectivity index (χ2v) is 5.70. The van der Waals surface area contributed by atoms with Gasteiger partial charge in [-0.2, -0.15) is 0 Å². The van der Waals surface area contributed by atoms with Crippen LogP contribution in [0.25, 0.3) is 5.69 Å². The highest BCUT2D eigenvalue weighted by molar-refractivity contribution is 5.88. The molecule has 0 unspecified atom stereocenters. The summed E-state index contributed by atoms with van der Waals surface area (Å²) in [7, 11) is 0. The van der Waals surface area contributed by atoms with Gasteiger partial charge in [0.2, 0.25) is 0 Å². The Labute approximate surface area is 128 Å². The maximum Gasteiger partial charge on any atom is 0.320 e. The van der Waals surface area contributed by atoms with Crippen LogP contribution < -0.4 is 10.6 Å². The van der Waals surface area contributed by atoms with E-state index in [2.05, 4.69) is 15.7 Å². The van der Waals surface area contributed by atoms with E-state index < -0.39 is 11.6 Å². The van der Waals surface area contributed by atoms with E-state index in [9.17, 15) is 14.3 Å². The lowest BCUT2D eigenvalue weighted by Gasteiger charge is -2.17. The molecule has 3 N–H and O–H groups in total. The van der Waals surface area contributed by atoms with Gasteiger partial charge in [0.15, 0.2) is 5.82 Å². The van der Waals surface area contributed by atoms with Crippen LogP contribution in [0.2, 0.25) is 0 Å². The van der Waals surface area contributed by atoms with Crippen molar-refractivity contribution >= 4 is 11.8 Å². The third-order valence-electron chi connectivity index (χ3n) is 2.92. The first-order valence-electron chi connectivity index (χ1n) is 6.84. The van der Waals surface area contributed by atoms with Crippen LogP contribution in [0.4, 0.5) is 15.0 Å². The van der Waals surface area contributed by atoms with E-state index in [0.29, 0.717) is 5.82 Å². The number of amides is 2. The number of carbonyl (C=O) groups is 1. The molecular formula is C15H19FN4O2. The normalized spacial score (nSPS) is 11.3. The van der Waals surface area contributed by atoms with Gasteiger partial charge in [-0.05, 0) is 44.5 Å². The molecular weight excluding hydrogens is 287 g/mol. The van der Waals surface area contributed by atoms with E-state index in [1.807, 2.05) is 0 Å². The maximum absolute atomic E-state index is 13.1. The SMILES string of the molecule is Cc1cc(F)ccc1-n1ccc(NC(=O)NCC(C)(C)O)n1. The van der Waals surface area contributed by atoms with Crippen molar-refractivity contribution in [1.29, 1.82) is 0 Å². The summed E-state index contributed by atoms with van der Waals surface area (Å²) >= 11 is 0. The van der Waals surface area contributed by atoms with E-state index in [4.69, 9.17) is 0 Å². The summed E-state index contributed by atoms with van der Waals surface area (Å²) in [5, 5.41) is 18.9. The predicted molar refractivity (Wildman–Crippen MR) is 81.6 cm³/mol. The summed E-state index contributed by atoms with van der Waals surface area (Å²) in [6, 6.07) is 5.57. The largest absolute Gasteiger partial charge is 0.389 e. The van der Waals surface area contributed by atoms with Crippen molar-refractivity contribution < 1.29 is 14.3 Å². The summed E-state index contributed by atoms with van der Waals surface area (Å²) in [6.45, 7) is 5.10. The fourth-order valence-corrected chi connectivity index (χ4v) is 1.86. The fourth-order valence-electron chi connectivity index (χ4n) is 1.86. The Morgan fingerprint density at radius 2 is 2.14 bits per heavy atom. The van der Waals surface area contributed by atoms with Gasteiger partial charge in [-0.3, -0.25) is 5.32 Å². The topological polar surface area (TPSA) is 79.2 Å². The van der Waals surface area contributed by atoms with Crippen molar-refractivity contribution in [3.05, 3.63) is 41.8 Å². The standard InChI is InChI=1S/C15H19FN4O2/c1-10-8-11(16)4-5-12(10)20-7-6-13(19-20)18-14(21)17-9-15(2,3)22/h4-8,22H,9H2,1-3H3,(H2,17,18,19,21). The quantitative estimate of drug-likeness (QED) is 0.810. The number of halogens is 1. The van der Waals surface area contributed by atoms with Crippen LogP contribution in [0.3, 0.4) is 0 Å². The number of benzene rings is 1. The molecule has 0 aliphatic carbocycles. The third-order valence-corrected chi connectivity index (χ3v) is 2.92. The highest BCUT2D eigenvalue weighted by Crippen LogP contribution is 2.16. The highest BCUT2D eigenvalue weighted by Gasteiger charge is 2.14. The summed E-state index contributed by atoms with van der Waals surface area (Å²) in [5.74, 6) is 0.0507. The number of urea groups is 1. The van der Waals surface area contributed by atoms with Crippen LogP contribution in [0.5, 0.6) is 0 Å². The molecule has 1 aromatic carbocycles. The average molecular weight is 306 g/mol. The van der Waals surface area contributed by atoms with Gasteiger partial charge < -0.3 is 10.4 Å². The molecule has 0 aliphatic rings. The molecule has 1 aromatic heterocycles. The van der Waals surface area contributed by atoms with Crippen molar-refractivity contribution in [2.45, 2.75) is 26.4 Å². The second-order valence-electron chi connectivity index (χ2n) is 5.70. The third kappa shape index (κ3) is 4.29. The van der Waals surface area contributed by atoms with E-state index in [0.717, 1.165) is 11.3 Å². The van der Waals surface area contributed by atoms with Crippen molar-refractivity contribution in [2.75, 3.05) is 11.9 Å². The van der Waals surface area contributed by atoms with Gasteiger partial charge in [-0.1, -0.05) is 0 Å². The summed E-state index contributed by atoms with van der Waals surface area (Å²) in [6.07, 6.45) is 1.67. The number of nitrogens with zero attached hydrogens (tertiary/aromatic N) is 2. The molecule has 6 nitrogen and oxygen atoms in total. The first-order chi connectivity index (χ1) is 10.2. The molecule has 1 heterocycles. The second kappa shape index (κ2) is 6.15. The van der Waals surface area contributed by atoms with Gasteiger partial charge in [0.05, 0.1) is 11.3 Å². The molecule has 0 radical (unpaired) electrons. The Morgan fingerprint density at radius 1 is 1.41 bits per heavy atom.